The number of amides is 1. The van der Waals surface area contributed by atoms with Crippen LogP contribution in [-0.2, 0) is 4.79 Å². The highest BCUT2D eigenvalue weighted by atomic mass is 16.1. The summed E-state index contributed by atoms with van der Waals surface area (Å²) in [5.74, 6) is 1.65. The average molecular weight is 226 g/mol. The van der Waals surface area contributed by atoms with Crippen LogP contribution in [0.3, 0.4) is 0 Å². The summed E-state index contributed by atoms with van der Waals surface area (Å²) < 4.78 is 0. The summed E-state index contributed by atoms with van der Waals surface area (Å²) in [6.45, 7) is 8.06. The Labute approximate surface area is 99.4 Å². The van der Waals surface area contributed by atoms with E-state index in [-0.39, 0.29) is 5.91 Å². The van der Waals surface area contributed by atoms with Gasteiger partial charge in [-0.25, -0.2) is 0 Å². The molecule has 1 amide bonds. The molecule has 3 nitrogen and oxygen atoms in total. The number of carbonyl (C=O) groups is 1. The molecule has 1 aliphatic rings. The Morgan fingerprint density at radius 1 is 1.19 bits per heavy atom. The highest BCUT2D eigenvalue weighted by molar-refractivity contribution is 5.78. The molecule has 0 aromatic rings. The van der Waals surface area contributed by atoms with Crippen molar-refractivity contribution in [3.05, 3.63) is 0 Å². The molecule has 0 saturated heterocycles. The van der Waals surface area contributed by atoms with Crippen LogP contribution in [0.1, 0.15) is 46.5 Å². The second kappa shape index (κ2) is 6.89. The first-order valence-electron chi connectivity index (χ1n) is 6.61. The molecule has 2 N–H and O–H groups in total. The van der Waals surface area contributed by atoms with Crippen LogP contribution in [0.4, 0.5) is 0 Å². The van der Waals surface area contributed by atoms with Gasteiger partial charge in [0.05, 0.1) is 6.54 Å². The molecule has 2 unspecified atom stereocenters. The number of carbonyl (C=O) groups excluding carboxylic acids is 1. The molecule has 16 heavy (non-hydrogen) atoms. The van der Waals surface area contributed by atoms with Gasteiger partial charge in [0, 0.05) is 6.04 Å². The van der Waals surface area contributed by atoms with Crippen molar-refractivity contribution < 1.29 is 4.79 Å². The molecular weight excluding hydrogens is 200 g/mol. The predicted octanol–water partition coefficient (Wildman–Crippen LogP) is 1.93. The van der Waals surface area contributed by atoms with Crippen LogP contribution in [0, 0.1) is 11.8 Å². The van der Waals surface area contributed by atoms with E-state index < -0.39 is 0 Å². The third-order valence-electron chi connectivity index (χ3n) is 3.26. The van der Waals surface area contributed by atoms with Gasteiger partial charge in [-0.1, -0.05) is 20.8 Å². The van der Waals surface area contributed by atoms with Crippen LogP contribution in [-0.4, -0.2) is 25.0 Å². The number of hydrogen-bond acceptors (Lipinski definition) is 2. The maximum Gasteiger partial charge on any atom is 0.234 e. The highest BCUT2D eigenvalue weighted by Gasteiger charge is 2.24. The van der Waals surface area contributed by atoms with Crippen molar-refractivity contribution in [3.8, 4) is 0 Å². The Hall–Kier alpha value is -0.570. The van der Waals surface area contributed by atoms with E-state index in [4.69, 9.17) is 0 Å². The van der Waals surface area contributed by atoms with Gasteiger partial charge in [0.25, 0.3) is 0 Å². The molecule has 0 aromatic carbocycles. The van der Waals surface area contributed by atoms with Gasteiger partial charge in [0.15, 0.2) is 0 Å². The molecule has 3 heteroatoms. The first-order valence-corrected chi connectivity index (χ1v) is 6.61. The third-order valence-corrected chi connectivity index (χ3v) is 3.26. The second-order valence-electron chi connectivity index (χ2n) is 5.36. The van der Waals surface area contributed by atoms with E-state index in [1.54, 1.807) is 0 Å². The Kier molecular flexibility index (Phi) is 5.81. The summed E-state index contributed by atoms with van der Waals surface area (Å²) in [5.41, 5.74) is 0. The van der Waals surface area contributed by atoms with Crippen LogP contribution < -0.4 is 10.6 Å². The van der Waals surface area contributed by atoms with E-state index in [1.807, 2.05) is 0 Å². The molecule has 2 atom stereocenters. The first-order chi connectivity index (χ1) is 7.61. The third kappa shape index (κ3) is 4.97. The number of rotatable bonds is 5. The van der Waals surface area contributed by atoms with E-state index in [1.165, 1.54) is 6.42 Å². The zero-order valence-corrected chi connectivity index (χ0v) is 10.9. The maximum atomic E-state index is 11.6. The smallest absolute Gasteiger partial charge is 0.234 e. The molecule has 1 rings (SSSR count). The van der Waals surface area contributed by atoms with Crippen molar-refractivity contribution in [1.82, 2.24) is 10.6 Å². The molecule has 94 valence electrons. The molecule has 0 bridgehead atoms. The van der Waals surface area contributed by atoms with Gasteiger partial charge in [0.2, 0.25) is 5.91 Å². The van der Waals surface area contributed by atoms with Crippen molar-refractivity contribution in [1.29, 1.82) is 0 Å². The minimum absolute atomic E-state index is 0.153. The average Bonchev–Trinajstić information content (AvgIpc) is 2.16. The summed E-state index contributed by atoms with van der Waals surface area (Å²) in [6, 6.07) is 0.398. The van der Waals surface area contributed by atoms with Gasteiger partial charge >= 0.3 is 0 Å². The van der Waals surface area contributed by atoms with E-state index in [0.29, 0.717) is 12.6 Å². The van der Waals surface area contributed by atoms with Crippen molar-refractivity contribution >= 4 is 5.91 Å². The van der Waals surface area contributed by atoms with E-state index in [0.717, 1.165) is 37.6 Å². The number of nitrogens with one attached hydrogen (secondary N) is 2. The molecule has 1 saturated carbocycles. The van der Waals surface area contributed by atoms with Crippen molar-refractivity contribution in [3.63, 3.8) is 0 Å². The lowest BCUT2D eigenvalue weighted by atomic mass is 9.80. The Morgan fingerprint density at radius 2 is 1.81 bits per heavy atom. The van der Waals surface area contributed by atoms with Gasteiger partial charge in [-0.3, -0.25) is 4.79 Å². The summed E-state index contributed by atoms with van der Waals surface area (Å²) in [5, 5.41) is 6.27. The minimum Gasteiger partial charge on any atom is -0.352 e. The summed E-state index contributed by atoms with van der Waals surface area (Å²) >= 11 is 0. The van der Waals surface area contributed by atoms with Crippen molar-refractivity contribution in [2.75, 3.05) is 13.1 Å². The van der Waals surface area contributed by atoms with E-state index in [2.05, 4.69) is 31.4 Å². The lowest BCUT2D eigenvalue weighted by Crippen LogP contribution is -2.43. The van der Waals surface area contributed by atoms with Gasteiger partial charge in [-0.2, -0.15) is 0 Å². The van der Waals surface area contributed by atoms with E-state index >= 15 is 0 Å². The van der Waals surface area contributed by atoms with Crippen molar-refractivity contribution in [2.45, 2.75) is 52.5 Å². The van der Waals surface area contributed by atoms with Gasteiger partial charge in [-0.15, -0.1) is 0 Å². The summed E-state index contributed by atoms with van der Waals surface area (Å²) in [4.78, 5) is 11.6. The van der Waals surface area contributed by atoms with Crippen LogP contribution in [0.2, 0.25) is 0 Å². The Morgan fingerprint density at radius 3 is 2.38 bits per heavy atom. The highest BCUT2D eigenvalue weighted by Crippen LogP contribution is 2.28. The van der Waals surface area contributed by atoms with Crippen LogP contribution in [0.15, 0.2) is 0 Å². The monoisotopic (exact) mass is 226 g/mol. The topological polar surface area (TPSA) is 41.1 Å². The van der Waals surface area contributed by atoms with E-state index in [9.17, 15) is 4.79 Å². The second-order valence-corrected chi connectivity index (χ2v) is 5.36. The molecule has 1 fully saturated rings. The number of hydrogen-bond donors (Lipinski definition) is 2. The predicted molar refractivity (Wildman–Crippen MR) is 67.3 cm³/mol. The standard InChI is InChI=1S/C13H26N2O/c1-4-5-14-9-13(16)15-12-7-10(2)6-11(3)8-12/h10-12,14H,4-9H2,1-3H3,(H,15,16). The fourth-order valence-corrected chi connectivity index (χ4v) is 2.72. The first kappa shape index (κ1) is 13.5. The van der Waals surface area contributed by atoms with Crippen LogP contribution in [0.5, 0.6) is 0 Å². The van der Waals surface area contributed by atoms with Gasteiger partial charge < -0.3 is 10.6 Å². The van der Waals surface area contributed by atoms with Gasteiger partial charge in [-0.05, 0) is 44.1 Å². The molecule has 0 heterocycles. The Balaban J connectivity index is 2.22. The summed E-state index contributed by atoms with van der Waals surface area (Å²) in [6.07, 6.45) is 4.67. The maximum absolute atomic E-state index is 11.6. The fourth-order valence-electron chi connectivity index (χ4n) is 2.72. The van der Waals surface area contributed by atoms with Crippen LogP contribution >= 0.6 is 0 Å². The molecule has 0 aliphatic heterocycles. The summed E-state index contributed by atoms with van der Waals surface area (Å²) in [7, 11) is 0. The fraction of sp³-hybridized carbons (Fsp3) is 0.923. The largest absolute Gasteiger partial charge is 0.352 e. The normalized spacial score (nSPS) is 30.1. The minimum atomic E-state index is 0.153. The Bertz CT molecular complexity index is 208. The molecule has 0 spiro atoms. The SMILES string of the molecule is CCCNCC(=O)NC1CC(C)CC(C)C1. The quantitative estimate of drug-likeness (QED) is 0.703. The van der Waals surface area contributed by atoms with Crippen molar-refractivity contribution in [2.24, 2.45) is 11.8 Å². The lowest BCUT2D eigenvalue weighted by Gasteiger charge is -2.32. The van der Waals surface area contributed by atoms with Gasteiger partial charge in [0.1, 0.15) is 0 Å². The molecular formula is C13H26N2O. The zero-order valence-electron chi connectivity index (χ0n) is 10.9. The molecule has 0 aromatic heterocycles. The lowest BCUT2D eigenvalue weighted by molar-refractivity contribution is -0.121. The zero-order chi connectivity index (χ0) is 12.0. The van der Waals surface area contributed by atoms with Crippen LogP contribution in [0.25, 0.3) is 0 Å². The molecule has 0 radical (unpaired) electrons. The molecule has 1 aliphatic carbocycles.